The third-order valence-corrected chi connectivity index (χ3v) is 4.56. The van der Waals surface area contributed by atoms with Gasteiger partial charge in [0.15, 0.2) is 0 Å². The van der Waals surface area contributed by atoms with Crippen molar-refractivity contribution in [3.8, 4) is 17.6 Å². The van der Waals surface area contributed by atoms with Crippen LogP contribution in [0.3, 0.4) is 0 Å². The molecule has 1 amide bonds. The van der Waals surface area contributed by atoms with Crippen LogP contribution in [-0.2, 0) is 6.61 Å². The number of nitrogens with zero attached hydrogens (tertiary/aromatic N) is 1. The molecule has 0 saturated carbocycles. The van der Waals surface area contributed by atoms with Gasteiger partial charge in [-0.3, -0.25) is 4.79 Å². The van der Waals surface area contributed by atoms with Crippen LogP contribution < -0.4 is 10.1 Å². The van der Waals surface area contributed by atoms with E-state index in [4.69, 9.17) is 4.74 Å². The SMILES string of the molecule is O=C(Nc1cccc(C#Cc2ccccn2)c1)c1ccccc1OCc1ccc(F)cc1. The van der Waals surface area contributed by atoms with Gasteiger partial charge in [-0.2, -0.15) is 0 Å². The molecule has 0 radical (unpaired) electrons. The zero-order valence-electron chi connectivity index (χ0n) is 17.1. The van der Waals surface area contributed by atoms with E-state index in [9.17, 15) is 9.18 Å². The van der Waals surface area contributed by atoms with Crippen LogP contribution in [0.4, 0.5) is 10.1 Å². The highest BCUT2D eigenvalue weighted by Crippen LogP contribution is 2.21. The molecule has 0 spiro atoms. The number of carbonyl (C=O) groups is 1. The molecule has 0 saturated heterocycles. The highest BCUT2D eigenvalue weighted by molar-refractivity contribution is 6.06. The summed E-state index contributed by atoms with van der Waals surface area (Å²) in [6.45, 7) is 0.225. The van der Waals surface area contributed by atoms with E-state index in [1.165, 1.54) is 12.1 Å². The molecule has 0 aliphatic rings. The summed E-state index contributed by atoms with van der Waals surface area (Å²) in [5, 5.41) is 2.89. The molecule has 0 aliphatic heterocycles. The van der Waals surface area contributed by atoms with Crippen molar-refractivity contribution in [3.63, 3.8) is 0 Å². The Kier molecular flexibility index (Phi) is 6.54. The summed E-state index contributed by atoms with van der Waals surface area (Å²) in [6, 6.07) is 25.9. The van der Waals surface area contributed by atoms with Gasteiger partial charge < -0.3 is 10.1 Å². The van der Waals surface area contributed by atoms with Crippen molar-refractivity contribution in [1.29, 1.82) is 0 Å². The van der Waals surface area contributed by atoms with Crippen LogP contribution in [0.2, 0.25) is 0 Å². The van der Waals surface area contributed by atoms with Gasteiger partial charge >= 0.3 is 0 Å². The zero-order chi connectivity index (χ0) is 22.2. The summed E-state index contributed by atoms with van der Waals surface area (Å²) in [4.78, 5) is 17.1. The van der Waals surface area contributed by atoms with E-state index in [-0.39, 0.29) is 18.3 Å². The van der Waals surface area contributed by atoms with Crippen molar-refractivity contribution < 1.29 is 13.9 Å². The van der Waals surface area contributed by atoms with Gasteiger partial charge in [0.2, 0.25) is 0 Å². The minimum absolute atomic E-state index is 0.225. The summed E-state index contributed by atoms with van der Waals surface area (Å²) in [6.07, 6.45) is 1.69. The molecule has 1 aromatic heterocycles. The number of carbonyl (C=O) groups excluding carboxylic acids is 1. The Hall–Kier alpha value is -4.43. The first-order chi connectivity index (χ1) is 15.7. The topological polar surface area (TPSA) is 51.2 Å². The summed E-state index contributed by atoms with van der Waals surface area (Å²) >= 11 is 0. The smallest absolute Gasteiger partial charge is 0.259 e. The van der Waals surface area contributed by atoms with Crippen LogP contribution >= 0.6 is 0 Å². The Balaban J connectivity index is 1.46. The molecule has 5 heteroatoms. The number of amides is 1. The first-order valence-electron chi connectivity index (χ1n) is 9.98. The first-order valence-corrected chi connectivity index (χ1v) is 9.98. The average Bonchev–Trinajstić information content (AvgIpc) is 2.83. The number of pyridine rings is 1. The van der Waals surface area contributed by atoms with E-state index in [1.54, 1.807) is 54.7 Å². The second kappa shape index (κ2) is 10.1. The van der Waals surface area contributed by atoms with Crippen LogP contribution in [0.15, 0.2) is 97.2 Å². The van der Waals surface area contributed by atoms with Crippen molar-refractivity contribution >= 4 is 11.6 Å². The Morgan fingerprint density at radius 3 is 2.53 bits per heavy atom. The summed E-state index contributed by atoms with van der Waals surface area (Å²) < 4.78 is 18.9. The van der Waals surface area contributed by atoms with E-state index in [0.29, 0.717) is 22.7 Å². The van der Waals surface area contributed by atoms with Crippen LogP contribution in [-0.4, -0.2) is 10.9 Å². The maximum absolute atomic E-state index is 13.1. The molecule has 4 aromatic rings. The van der Waals surface area contributed by atoms with Crippen molar-refractivity contribution in [2.75, 3.05) is 5.32 Å². The predicted octanol–water partition coefficient (Wildman–Crippen LogP) is 5.45. The van der Waals surface area contributed by atoms with E-state index in [0.717, 1.165) is 11.1 Å². The Morgan fingerprint density at radius 2 is 1.72 bits per heavy atom. The molecular weight excluding hydrogens is 403 g/mol. The van der Waals surface area contributed by atoms with Crippen molar-refractivity contribution in [2.45, 2.75) is 6.61 Å². The fraction of sp³-hybridized carbons (Fsp3) is 0.0370. The van der Waals surface area contributed by atoms with E-state index in [1.807, 2.05) is 30.3 Å². The average molecular weight is 422 g/mol. The quantitative estimate of drug-likeness (QED) is 0.435. The molecule has 156 valence electrons. The van der Waals surface area contributed by atoms with Gasteiger partial charge in [0.25, 0.3) is 5.91 Å². The molecule has 0 fully saturated rings. The molecule has 1 heterocycles. The molecule has 32 heavy (non-hydrogen) atoms. The normalized spacial score (nSPS) is 10.0. The third-order valence-electron chi connectivity index (χ3n) is 4.56. The lowest BCUT2D eigenvalue weighted by molar-refractivity contribution is 0.102. The third kappa shape index (κ3) is 5.59. The van der Waals surface area contributed by atoms with Gasteiger partial charge in [-0.15, -0.1) is 0 Å². The van der Waals surface area contributed by atoms with Gasteiger partial charge in [0.05, 0.1) is 5.56 Å². The maximum Gasteiger partial charge on any atom is 0.259 e. The lowest BCUT2D eigenvalue weighted by Crippen LogP contribution is -2.13. The standard InChI is InChI=1S/C27H19FN2O2/c28-22-14-11-21(12-15-22)19-32-26-10-2-1-9-25(26)27(31)30-24-8-5-6-20(18-24)13-16-23-7-3-4-17-29-23/h1-12,14-15,17-18H,19H2,(H,30,31). The molecule has 3 aromatic carbocycles. The zero-order valence-corrected chi connectivity index (χ0v) is 17.1. The van der Waals surface area contributed by atoms with E-state index < -0.39 is 0 Å². The van der Waals surface area contributed by atoms with E-state index >= 15 is 0 Å². The van der Waals surface area contributed by atoms with Gasteiger partial charge in [-0.1, -0.05) is 42.3 Å². The van der Waals surface area contributed by atoms with Crippen molar-refractivity contribution in [1.82, 2.24) is 4.98 Å². The van der Waals surface area contributed by atoms with Gasteiger partial charge in [0.1, 0.15) is 23.9 Å². The van der Waals surface area contributed by atoms with Crippen LogP contribution in [0, 0.1) is 17.7 Å². The molecule has 0 bridgehead atoms. The lowest BCUT2D eigenvalue weighted by atomic mass is 10.1. The Morgan fingerprint density at radius 1 is 0.906 bits per heavy atom. The lowest BCUT2D eigenvalue weighted by Gasteiger charge is -2.12. The molecule has 4 rings (SSSR count). The molecule has 0 aliphatic carbocycles. The number of nitrogens with one attached hydrogen (secondary N) is 1. The molecular formula is C27H19FN2O2. The Bertz CT molecular complexity index is 1280. The van der Waals surface area contributed by atoms with Crippen LogP contribution in [0.25, 0.3) is 0 Å². The van der Waals surface area contributed by atoms with E-state index in [2.05, 4.69) is 22.1 Å². The predicted molar refractivity (Wildman–Crippen MR) is 122 cm³/mol. The van der Waals surface area contributed by atoms with Gasteiger partial charge in [-0.05, 0) is 66.1 Å². The van der Waals surface area contributed by atoms with Gasteiger partial charge in [-0.25, -0.2) is 9.37 Å². The number of anilines is 1. The van der Waals surface area contributed by atoms with Crippen LogP contribution in [0.5, 0.6) is 5.75 Å². The van der Waals surface area contributed by atoms with Crippen molar-refractivity contribution in [2.24, 2.45) is 0 Å². The number of rotatable bonds is 5. The number of para-hydroxylation sites is 1. The number of aromatic nitrogens is 1. The number of halogens is 1. The molecule has 4 nitrogen and oxygen atoms in total. The fourth-order valence-corrected chi connectivity index (χ4v) is 2.97. The van der Waals surface area contributed by atoms with Crippen LogP contribution in [0.1, 0.15) is 27.2 Å². The maximum atomic E-state index is 13.1. The minimum atomic E-state index is -0.305. The number of ether oxygens (including phenoxy) is 1. The minimum Gasteiger partial charge on any atom is -0.488 e. The highest BCUT2D eigenvalue weighted by Gasteiger charge is 2.13. The summed E-state index contributed by atoms with van der Waals surface area (Å²) in [7, 11) is 0. The van der Waals surface area contributed by atoms with Gasteiger partial charge in [0, 0.05) is 17.4 Å². The second-order valence-corrected chi connectivity index (χ2v) is 6.91. The number of hydrogen-bond acceptors (Lipinski definition) is 3. The molecule has 1 N–H and O–H groups in total. The monoisotopic (exact) mass is 422 g/mol. The fourth-order valence-electron chi connectivity index (χ4n) is 2.97. The summed E-state index contributed by atoms with van der Waals surface area (Å²) in [5.74, 6) is 5.90. The van der Waals surface area contributed by atoms with Crippen molar-refractivity contribution in [3.05, 3.63) is 125 Å². The highest BCUT2D eigenvalue weighted by atomic mass is 19.1. The summed E-state index contributed by atoms with van der Waals surface area (Å²) in [5.41, 5.74) is 3.26. The second-order valence-electron chi connectivity index (χ2n) is 6.91. The number of hydrogen-bond donors (Lipinski definition) is 1. The number of benzene rings is 3. The largest absolute Gasteiger partial charge is 0.488 e. The first kappa shape index (κ1) is 20.8. The molecule has 0 unspecified atom stereocenters. The molecule has 0 atom stereocenters. The Labute approximate surface area is 185 Å².